The number of aromatic carboxylic acids is 1. The van der Waals surface area contributed by atoms with Gasteiger partial charge in [0, 0.05) is 12.6 Å². The van der Waals surface area contributed by atoms with Crippen LogP contribution in [0.3, 0.4) is 0 Å². The number of carboxylic acid groups (broad SMARTS) is 1. The number of ether oxygens (including phenoxy) is 3. The maximum Gasteiger partial charge on any atom is 0.335 e. The summed E-state index contributed by atoms with van der Waals surface area (Å²) in [6.07, 6.45) is 3.03. The Morgan fingerprint density at radius 3 is 2.07 bits per heavy atom. The molecular weight excluding hydrogens is 350 g/mol. The minimum Gasteiger partial charge on any atom is -0.493 e. The third-order valence-corrected chi connectivity index (χ3v) is 3.78. The zero-order valence-corrected chi connectivity index (χ0v) is 15.3. The Hall–Kier alpha value is -3.48. The van der Waals surface area contributed by atoms with E-state index in [1.807, 2.05) is 0 Å². The first-order valence-electron chi connectivity index (χ1n) is 8.06. The molecule has 0 saturated heterocycles. The summed E-state index contributed by atoms with van der Waals surface area (Å²) in [5.41, 5.74) is 1.72. The highest BCUT2D eigenvalue weighted by molar-refractivity contribution is 5.92. The maximum atomic E-state index is 12.0. The van der Waals surface area contributed by atoms with E-state index in [9.17, 15) is 9.59 Å². The number of carbonyl (C=O) groups excluding carboxylic acids is 1. The second-order valence-corrected chi connectivity index (χ2v) is 5.51. The van der Waals surface area contributed by atoms with Crippen molar-refractivity contribution in [3.63, 3.8) is 0 Å². The molecule has 0 aliphatic heterocycles. The number of hydrogen-bond acceptors (Lipinski definition) is 5. The molecule has 2 aromatic rings. The number of hydrogen-bond donors (Lipinski definition) is 2. The van der Waals surface area contributed by atoms with Crippen molar-refractivity contribution in [1.29, 1.82) is 0 Å². The normalized spacial score (nSPS) is 10.5. The van der Waals surface area contributed by atoms with Gasteiger partial charge in [0.2, 0.25) is 11.7 Å². The van der Waals surface area contributed by atoms with Gasteiger partial charge in [-0.15, -0.1) is 0 Å². The number of carboxylic acids is 1. The molecule has 0 bridgehead atoms. The van der Waals surface area contributed by atoms with Crippen molar-refractivity contribution in [3.8, 4) is 17.2 Å². The Morgan fingerprint density at radius 2 is 1.59 bits per heavy atom. The van der Waals surface area contributed by atoms with E-state index >= 15 is 0 Å². The van der Waals surface area contributed by atoms with Crippen LogP contribution in [0, 0.1) is 0 Å². The van der Waals surface area contributed by atoms with E-state index in [-0.39, 0.29) is 11.5 Å². The molecule has 2 aromatic carbocycles. The first-order valence-corrected chi connectivity index (χ1v) is 8.06. The van der Waals surface area contributed by atoms with Crippen LogP contribution >= 0.6 is 0 Å². The monoisotopic (exact) mass is 371 g/mol. The quantitative estimate of drug-likeness (QED) is 0.693. The van der Waals surface area contributed by atoms with E-state index in [4.69, 9.17) is 19.3 Å². The molecule has 0 atom stereocenters. The number of nitrogens with one attached hydrogen (secondary N) is 1. The lowest BCUT2D eigenvalue weighted by Crippen LogP contribution is -2.20. The average molecular weight is 371 g/mol. The van der Waals surface area contributed by atoms with E-state index in [0.29, 0.717) is 29.4 Å². The SMILES string of the molecule is COc1cc(/C=C/C(=O)NCc2ccc(C(=O)O)cc2)cc(OC)c1OC. The lowest BCUT2D eigenvalue weighted by Gasteiger charge is -2.12. The number of methoxy groups -OCH3 is 3. The third kappa shape index (κ3) is 5.24. The van der Waals surface area contributed by atoms with Gasteiger partial charge in [-0.2, -0.15) is 0 Å². The molecule has 2 N–H and O–H groups in total. The fourth-order valence-electron chi connectivity index (χ4n) is 2.38. The van der Waals surface area contributed by atoms with Gasteiger partial charge in [-0.1, -0.05) is 12.1 Å². The van der Waals surface area contributed by atoms with Crippen molar-refractivity contribution < 1.29 is 28.9 Å². The molecule has 27 heavy (non-hydrogen) atoms. The first kappa shape index (κ1) is 19.8. The van der Waals surface area contributed by atoms with Gasteiger partial charge in [-0.25, -0.2) is 4.79 Å². The molecule has 1 amide bonds. The van der Waals surface area contributed by atoms with Crippen molar-refractivity contribution >= 4 is 18.0 Å². The van der Waals surface area contributed by atoms with E-state index in [0.717, 1.165) is 5.56 Å². The summed E-state index contributed by atoms with van der Waals surface area (Å²) in [5.74, 6) is 0.196. The molecule has 0 aromatic heterocycles. The molecule has 142 valence electrons. The average Bonchev–Trinajstić information content (AvgIpc) is 2.69. The highest BCUT2D eigenvalue weighted by atomic mass is 16.5. The highest BCUT2D eigenvalue weighted by Gasteiger charge is 2.12. The Balaban J connectivity index is 2.02. The molecule has 2 rings (SSSR count). The zero-order valence-electron chi connectivity index (χ0n) is 15.3. The van der Waals surface area contributed by atoms with Crippen LogP contribution in [0.5, 0.6) is 17.2 Å². The number of carbonyl (C=O) groups is 2. The largest absolute Gasteiger partial charge is 0.493 e. The second-order valence-electron chi connectivity index (χ2n) is 5.51. The number of amides is 1. The summed E-state index contributed by atoms with van der Waals surface area (Å²) in [6.45, 7) is 0.290. The molecule has 0 heterocycles. The van der Waals surface area contributed by atoms with Crippen LogP contribution in [0.2, 0.25) is 0 Å². The fraction of sp³-hybridized carbons (Fsp3) is 0.200. The predicted molar refractivity (Wildman–Crippen MR) is 100 cm³/mol. The van der Waals surface area contributed by atoms with Gasteiger partial charge in [-0.3, -0.25) is 4.79 Å². The standard InChI is InChI=1S/C20H21NO6/c1-25-16-10-14(11-17(26-2)19(16)27-3)6-9-18(22)21-12-13-4-7-15(8-5-13)20(23)24/h4-11H,12H2,1-3H3,(H,21,22)(H,23,24)/b9-6+. The molecule has 7 nitrogen and oxygen atoms in total. The van der Waals surface area contributed by atoms with E-state index in [1.54, 1.807) is 30.3 Å². The molecule has 7 heteroatoms. The highest BCUT2D eigenvalue weighted by Crippen LogP contribution is 2.38. The minimum atomic E-state index is -0.987. The molecular formula is C20H21NO6. The van der Waals surface area contributed by atoms with Crippen LogP contribution in [-0.4, -0.2) is 38.3 Å². The smallest absolute Gasteiger partial charge is 0.335 e. The van der Waals surface area contributed by atoms with Crippen molar-refractivity contribution in [2.75, 3.05) is 21.3 Å². The van der Waals surface area contributed by atoms with E-state index < -0.39 is 5.97 Å². The molecule has 0 saturated carbocycles. The Morgan fingerprint density at radius 1 is 1.00 bits per heavy atom. The molecule has 0 aliphatic carbocycles. The van der Waals surface area contributed by atoms with Crippen LogP contribution in [0.1, 0.15) is 21.5 Å². The lowest BCUT2D eigenvalue weighted by atomic mass is 10.1. The summed E-state index contributed by atoms with van der Waals surface area (Å²) >= 11 is 0. The van der Waals surface area contributed by atoms with Gasteiger partial charge in [0.15, 0.2) is 11.5 Å². The van der Waals surface area contributed by atoms with Crippen LogP contribution < -0.4 is 19.5 Å². The summed E-state index contributed by atoms with van der Waals surface area (Å²) < 4.78 is 15.8. The van der Waals surface area contributed by atoms with Crippen LogP contribution in [0.4, 0.5) is 0 Å². The summed E-state index contributed by atoms with van der Waals surface area (Å²) in [6, 6.07) is 9.77. The Bertz CT molecular complexity index is 817. The topological polar surface area (TPSA) is 94.1 Å². The Labute approximate surface area is 157 Å². The zero-order chi connectivity index (χ0) is 19.8. The van der Waals surface area contributed by atoms with Crippen molar-refractivity contribution in [2.45, 2.75) is 6.54 Å². The summed E-state index contributed by atoms with van der Waals surface area (Å²) in [4.78, 5) is 22.8. The van der Waals surface area contributed by atoms with Crippen LogP contribution in [0.25, 0.3) is 6.08 Å². The predicted octanol–water partition coefficient (Wildman–Crippen LogP) is 2.74. The van der Waals surface area contributed by atoms with E-state index in [1.165, 1.54) is 39.5 Å². The molecule has 0 fully saturated rings. The van der Waals surface area contributed by atoms with Gasteiger partial charge in [0.1, 0.15) is 0 Å². The third-order valence-electron chi connectivity index (χ3n) is 3.78. The lowest BCUT2D eigenvalue weighted by molar-refractivity contribution is -0.116. The molecule has 0 spiro atoms. The first-order chi connectivity index (χ1) is 13.0. The summed E-state index contributed by atoms with van der Waals surface area (Å²) in [7, 11) is 4.56. The molecule has 0 aliphatic rings. The second kappa shape index (κ2) is 9.28. The number of benzene rings is 2. The van der Waals surface area contributed by atoms with Crippen molar-refractivity contribution in [2.24, 2.45) is 0 Å². The van der Waals surface area contributed by atoms with E-state index in [2.05, 4.69) is 5.32 Å². The Kier molecular flexibility index (Phi) is 6.82. The maximum absolute atomic E-state index is 12.0. The van der Waals surface area contributed by atoms with Gasteiger partial charge >= 0.3 is 5.97 Å². The minimum absolute atomic E-state index is 0.201. The molecule has 0 unspecified atom stereocenters. The summed E-state index contributed by atoms with van der Waals surface area (Å²) in [5, 5.41) is 11.6. The van der Waals surface area contributed by atoms with Crippen LogP contribution in [0.15, 0.2) is 42.5 Å². The van der Waals surface area contributed by atoms with Crippen LogP contribution in [-0.2, 0) is 11.3 Å². The van der Waals surface area contributed by atoms with Gasteiger partial charge < -0.3 is 24.6 Å². The van der Waals surface area contributed by atoms with Crippen molar-refractivity contribution in [3.05, 3.63) is 59.2 Å². The fourth-order valence-corrected chi connectivity index (χ4v) is 2.38. The van der Waals surface area contributed by atoms with Crippen molar-refractivity contribution in [1.82, 2.24) is 5.32 Å². The van der Waals surface area contributed by atoms with Gasteiger partial charge in [0.25, 0.3) is 0 Å². The van der Waals surface area contributed by atoms with Gasteiger partial charge in [0.05, 0.1) is 26.9 Å². The van der Waals surface area contributed by atoms with Gasteiger partial charge in [-0.05, 0) is 41.5 Å². The molecule has 0 radical (unpaired) electrons. The number of rotatable bonds is 8.